The van der Waals surface area contributed by atoms with E-state index in [-0.39, 0.29) is 17.5 Å². The lowest BCUT2D eigenvalue weighted by atomic mass is 9.82. The quantitative estimate of drug-likeness (QED) is 0.793. The molecule has 5 heteroatoms. The molecule has 1 aromatic carbocycles. The summed E-state index contributed by atoms with van der Waals surface area (Å²) in [5, 5.41) is 4.02. The van der Waals surface area contributed by atoms with E-state index in [0.717, 1.165) is 19.3 Å². The summed E-state index contributed by atoms with van der Waals surface area (Å²) in [6.07, 6.45) is 3.10. The molecular formula is C16H15ClFNO2. The molecule has 110 valence electrons. The number of aromatic nitrogens is 1. The Balaban J connectivity index is 1.94. The zero-order valence-corrected chi connectivity index (χ0v) is 12.2. The van der Waals surface area contributed by atoms with E-state index >= 15 is 0 Å². The SMILES string of the molecule is O=C1c2c(-c3ccc(F)cc3)noc2CCC1CCCCl. The van der Waals surface area contributed by atoms with Crippen molar-refractivity contribution in [2.75, 3.05) is 5.88 Å². The summed E-state index contributed by atoms with van der Waals surface area (Å²) in [4.78, 5) is 12.6. The summed E-state index contributed by atoms with van der Waals surface area (Å²) in [7, 11) is 0. The summed E-state index contributed by atoms with van der Waals surface area (Å²) in [5.41, 5.74) is 1.78. The van der Waals surface area contributed by atoms with Crippen LogP contribution in [0, 0.1) is 11.7 Å². The van der Waals surface area contributed by atoms with Crippen molar-refractivity contribution in [3.63, 3.8) is 0 Å². The third kappa shape index (κ3) is 2.72. The van der Waals surface area contributed by atoms with E-state index < -0.39 is 0 Å². The maximum Gasteiger partial charge on any atom is 0.171 e. The van der Waals surface area contributed by atoms with E-state index in [1.165, 1.54) is 12.1 Å². The summed E-state index contributed by atoms with van der Waals surface area (Å²) >= 11 is 5.71. The van der Waals surface area contributed by atoms with E-state index in [9.17, 15) is 9.18 Å². The van der Waals surface area contributed by atoms with Gasteiger partial charge in [0.15, 0.2) is 5.78 Å². The molecule has 1 aliphatic rings. The van der Waals surface area contributed by atoms with Crippen LogP contribution in [-0.2, 0) is 6.42 Å². The highest BCUT2D eigenvalue weighted by Gasteiger charge is 2.33. The van der Waals surface area contributed by atoms with E-state index in [2.05, 4.69) is 5.16 Å². The van der Waals surface area contributed by atoms with Crippen molar-refractivity contribution in [3.8, 4) is 11.3 Å². The van der Waals surface area contributed by atoms with Crippen molar-refractivity contribution in [1.29, 1.82) is 0 Å². The summed E-state index contributed by atoms with van der Waals surface area (Å²) in [6, 6.07) is 5.94. The van der Waals surface area contributed by atoms with Gasteiger partial charge < -0.3 is 4.52 Å². The predicted molar refractivity (Wildman–Crippen MR) is 78.0 cm³/mol. The molecule has 0 spiro atoms. The number of alkyl halides is 1. The minimum atomic E-state index is -0.317. The zero-order chi connectivity index (χ0) is 14.8. The van der Waals surface area contributed by atoms with E-state index in [0.29, 0.717) is 34.9 Å². The number of aryl methyl sites for hydroxylation is 1. The molecule has 0 radical (unpaired) electrons. The van der Waals surface area contributed by atoms with Gasteiger partial charge in [0.05, 0.1) is 5.56 Å². The molecule has 0 aliphatic heterocycles. The van der Waals surface area contributed by atoms with E-state index in [1.807, 2.05) is 0 Å². The summed E-state index contributed by atoms with van der Waals surface area (Å²) in [6.45, 7) is 0. The molecule has 0 saturated heterocycles. The Morgan fingerprint density at radius 3 is 2.81 bits per heavy atom. The van der Waals surface area contributed by atoms with Crippen LogP contribution in [-0.4, -0.2) is 16.8 Å². The van der Waals surface area contributed by atoms with Gasteiger partial charge in [0.25, 0.3) is 0 Å². The third-order valence-corrected chi connectivity index (χ3v) is 4.17. The van der Waals surface area contributed by atoms with Gasteiger partial charge in [-0.05, 0) is 43.5 Å². The number of rotatable bonds is 4. The Kier molecular flexibility index (Phi) is 4.06. The van der Waals surface area contributed by atoms with Crippen molar-refractivity contribution < 1.29 is 13.7 Å². The van der Waals surface area contributed by atoms with Crippen LogP contribution in [0.5, 0.6) is 0 Å². The second-order valence-electron chi connectivity index (χ2n) is 5.27. The summed E-state index contributed by atoms with van der Waals surface area (Å²) < 4.78 is 18.3. The highest BCUT2D eigenvalue weighted by molar-refractivity contribution is 6.17. The van der Waals surface area contributed by atoms with Crippen molar-refractivity contribution >= 4 is 17.4 Å². The average molecular weight is 308 g/mol. The number of halogens is 2. The third-order valence-electron chi connectivity index (χ3n) is 3.90. The number of Topliss-reactive ketones (excluding diaryl/α,β-unsaturated/α-hetero) is 1. The first-order valence-corrected chi connectivity index (χ1v) is 7.59. The van der Waals surface area contributed by atoms with Crippen LogP contribution in [0.1, 0.15) is 35.4 Å². The molecule has 0 N–H and O–H groups in total. The lowest BCUT2D eigenvalue weighted by molar-refractivity contribution is 0.0889. The van der Waals surface area contributed by atoms with Gasteiger partial charge in [-0.2, -0.15) is 0 Å². The van der Waals surface area contributed by atoms with Crippen LogP contribution in [0.4, 0.5) is 4.39 Å². The maximum absolute atomic E-state index is 13.0. The smallest absolute Gasteiger partial charge is 0.171 e. The van der Waals surface area contributed by atoms with Gasteiger partial charge >= 0.3 is 0 Å². The Labute approximate surface area is 127 Å². The minimum Gasteiger partial charge on any atom is -0.360 e. The zero-order valence-electron chi connectivity index (χ0n) is 11.4. The van der Waals surface area contributed by atoms with Crippen molar-refractivity contribution in [2.45, 2.75) is 25.7 Å². The first-order valence-electron chi connectivity index (χ1n) is 7.05. The number of hydrogen-bond acceptors (Lipinski definition) is 3. The van der Waals surface area contributed by atoms with Gasteiger partial charge in [-0.15, -0.1) is 11.6 Å². The number of fused-ring (bicyclic) bond motifs is 1. The Morgan fingerprint density at radius 2 is 2.10 bits per heavy atom. The van der Waals surface area contributed by atoms with Gasteiger partial charge in [-0.1, -0.05) is 5.16 Å². The molecular weight excluding hydrogens is 293 g/mol. The van der Waals surface area contributed by atoms with Gasteiger partial charge in [0.1, 0.15) is 17.3 Å². The number of carbonyl (C=O) groups excluding carboxylic acids is 1. The van der Waals surface area contributed by atoms with Gasteiger partial charge in [-0.25, -0.2) is 4.39 Å². The monoisotopic (exact) mass is 307 g/mol. The van der Waals surface area contributed by atoms with E-state index in [1.54, 1.807) is 12.1 Å². The average Bonchev–Trinajstić information content (AvgIpc) is 2.92. The molecule has 0 bridgehead atoms. The first kappa shape index (κ1) is 14.3. The molecule has 1 unspecified atom stereocenters. The van der Waals surface area contributed by atoms with Crippen LogP contribution in [0.3, 0.4) is 0 Å². The first-order chi connectivity index (χ1) is 10.2. The fraction of sp³-hybridized carbons (Fsp3) is 0.375. The van der Waals surface area contributed by atoms with Crippen LogP contribution in [0.25, 0.3) is 11.3 Å². The molecule has 0 saturated carbocycles. The fourth-order valence-electron chi connectivity index (χ4n) is 2.79. The van der Waals surface area contributed by atoms with Gasteiger partial charge in [-0.3, -0.25) is 4.79 Å². The molecule has 3 rings (SSSR count). The maximum atomic E-state index is 13.0. The van der Waals surface area contributed by atoms with Crippen LogP contribution in [0.2, 0.25) is 0 Å². The van der Waals surface area contributed by atoms with Crippen molar-refractivity contribution in [1.82, 2.24) is 5.16 Å². The lowest BCUT2D eigenvalue weighted by Crippen LogP contribution is -2.22. The molecule has 2 aromatic rings. The Hall–Kier alpha value is -1.68. The Morgan fingerprint density at radius 1 is 1.33 bits per heavy atom. The molecule has 1 aliphatic carbocycles. The standard InChI is InChI=1S/C16H15ClFNO2/c17-9-1-2-11-5-8-13-14(16(11)20)15(19-21-13)10-3-6-12(18)7-4-10/h3-4,6-7,11H,1-2,5,8-9H2. The molecule has 1 aromatic heterocycles. The molecule has 0 amide bonds. The second-order valence-corrected chi connectivity index (χ2v) is 5.65. The Bertz CT molecular complexity index is 651. The number of nitrogens with zero attached hydrogens (tertiary/aromatic N) is 1. The summed E-state index contributed by atoms with van der Waals surface area (Å²) in [5.74, 6) is 0.936. The van der Waals surface area contributed by atoms with Crippen LogP contribution in [0.15, 0.2) is 28.8 Å². The largest absolute Gasteiger partial charge is 0.360 e. The van der Waals surface area contributed by atoms with Crippen LogP contribution < -0.4 is 0 Å². The van der Waals surface area contributed by atoms with E-state index in [4.69, 9.17) is 16.1 Å². The van der Waals surface area contributed by atoms with Gasteiger partial charge in [0.2, 0.25) is 0 Å². The molecule has 1 heterocycles. The second kappa shape index (κ2) is 5.98. The predicted octanol–water partition coefficient (Wildman–Crippen LogP) is 4.24. The normalized spacial score (nSPS) is 17.8. The minimum absolute atomic E-state index is 0.0187. The lowest BCUT2D eigenvalue weighted by Gasteiger charge is -2.19. The fourth-order valence-corrected chi connectivity index (χ4v) is 2.95. The molecule has 1 atom stereocenters. The molecule has 3 nitrogen and oxygen atoms in total. The highest BCUT2D eigenvalue weighted by atomic mass is 35.5. The number of benzene rings is 1. The number of ketones is 1. The topological polar surface area (TPSA) is 43.1 Å². The number of hydrogen-bond donors (Lipinski definition) is 0. The van der Waals surface area contributed by atoms with Crippen molar-refractivity contribution in [2.24, 2.45) is 5.92 Å². The van der Waals surface area contributed by atoms with Crippen molar-refractivity contribution in [3.05, 3.63) is 41.4 Å². The molecule has 21 heavy (non-hydrogen) atoms. The highest BCUT2D eigenvalue weighted by Crippen LogP contribution is 2.35. The molecule has 0 fully saturated rings. The van der Waals surface area contributed by atoms with Gasteiger partial charge in [0, 0.05) is 23.8 Å². The van der Waals surface area contributed by atoms with Crippen LogP contribution >= 0.6 is 11.6 Å². The number of carbonyl (C=O) groups is 1.